The summed E-state index contributed by atoms with van der Waals surface area (Å²) >= 11 is 0. The number of carbonyl (C=O) groups is 1. The largest absolute Gasteiger partial charge is 0.310 e. The predicted molar refractivity (Wildman–Crippen MR) is 53.8 cm³/mol. The molecule has 0 saturated carbocycles. The average molecular weight is 213 g/mol. The third kappa shape index (κ3) is 3.09. The molecular weight excluding hydrogens is 200 g/mol. The van der Waals surface area contributed by atoms with E-state index in [9.17, 15) is 13.6 Å². The maximum Gasteiger partial charge on any atom is 0.179 e. The summed E-state index contributed by atoms with van der Waals surface area (Å²) in [4.78, 5) is 11.4. The Kier molecular flexibility index (Phi) is 4.37. The first kappa shape index (κ1) is 11.8. The van der Waals surface area contributed by atoms with E-state index in [2.05, 4.69) is 5.32 Å². The van der Waals surface area contributed by atoms with Crippen LogP contribution in [0.2, 0.25) is 0 Å². The van der Waals surface area contributed by atoms with Crippen molar-refractivity contribution in [3.63, 3.8) is 0 Å². The normalized spacial score (nSPS) is 10.3. The summed E-state index contributed by atoms with van der Waals surface area (Å²) in [5.41, 5.74) is -0.196. The number of nitrogens with one attached hydrogen (secondary N) is 1. The molecule has 82 valence electrons. The summed E-state index contributed by atoms with van der Waals surface area (Å²) in [5, 5.41) is 2.84. The minimum absolute atomic E-state index is 0.0359. The number of carbonyl (C=O) groups excluding carboxylic acids is 1. The molecule has 1 N–H and O–H groups in total. The molecule has 0 aliphatic heterocycles. The van der Waals surface area contributed by atoms with E-state index in [-0.39, 0.29) is 12.1 Å². The molecule has 0 fully saturated rings. The Hall–Kier alpha value is -1.29. The van der Waals surface area contributed by atoms with E-state index in [1.165, 1.54) is 12.1 Å². The van der Waals surface area contributed by atoms with Crippen molar-refractivity contribution in [3.8, 4) is 0 Å². The van der Waals surface area contributed by atoms with Crippen LogP contribution in [0.15, 0.2) is 18.2 Å². The maximum absolute atomic E-state index is 13.1. The van der Waals surface area contributed by atoms with Crippen LogP contribution in [0.25, 0.3) is 0 Å². The van der Waals surface area contributed by atoms with Crippen molar-refractivity contribution < 1.29 is 13.6 Å². The van der Waals surface area contributed by atoms with Crippen LogP contribution in [-0.2, 0) is 0 Å². The molecule has 4 heteroatoms. The van der Waals surface area contributed by atoms with Gasteiger partial charge in [0.25, 0.3) is 0 Å². The van der Waals surface area contributed by atoms with Crippen LogP contribution in [0.1, 0.15) is 23.7 Å². The van der Waals surface area contributed by atoms with Crippen molar-refractivity contribution in [2.45, 2.75) is 13.3 Å². The molecule has 1 aromatic rings. The number of benzene rings is 1. The summed E-state index contributed by atoms with van der Waals surface area (Å²) in [6, 6.07) is 3.60. The SMILES string of the molecule is CCCNCC(=O)c1cccc(F)c1F. The van der Waals surface area contributed by atoms with Gasteiger partial charge in [-0.05, 0) is 25.1 Å². The lowest BCUT2D eigenvalue weighted by atomic mass is 10.1. The molecule has 1 aromatic carbocycles. The molecule has 0 saturated heterocycles. The molecule has 15 heavy (non-hydrogen) atoms. The van der Waals surface area contributed by atoms with Gasteiger partial charge in [-0.15, -0.1) is 0 Å². The summed E-state index contributed by atoms with van der Waals surface area (Å²) < 4.78 is 25.9. The fraction of sp³-hybridized carbons (Fsp3) is 0.364. The van der Waals surface area contributed by atoms with Crippen LogP contribution < -0.4 is 5.32 Å². The van der Waals surface area contributed by atoms with Crippen LogP contribution in [0, 0.1) is 11.6 Å². The highest BCUT2D eigenvalue weighted by Gasteiger charge is 2.13. The van der Waals surface area contributed by atoms with Crippen molar-refractivity contribution in [1.82, 2.24) is 5.32 Å². The number of rotatable bonds is 5. The minimum Gasteiger partial charge on any atom is -0.310 e. The van der Waals surface area contributed by atoms with Crippen molar-refractivity contribution >= 4 is 5.78 Å². The number of hydrogen-bond donors (Lipinski definition) is 1. The van der Waals surface area contributed by atoms with Gasteiger partial charge in [0.2, 0.25) is 0 Å². The first-order chi connectivity index (χ1) is 7.16. The van der Waals surface area contributed by atoms with Crippen LogP contribution in [0.3, 0.4) is 0 Å². The number of hydrogen-bond acceptors (Lipinski definition) is 2. The molecule has 0 atom stereocenters. The highest BCUT2D eigenvalue weighted by molar-refractivity contribution is 5.97. The van der Waals surface area contributed by atoms with Gasteiger partial charge in [-0.1, -0.05) is 13.0 Å². The first-order valence-electron chi connectivity index (χ1n) is 4.84. The molecule has 0 unspecified atom stereocenters. The van der Waals surface area contributed by atoms with E-state index in [0.29, 0.717) is 6.54 Å². The van der Waals surface area contributed by atoms with Gasteiger partial charge in [0.05, 0.1) is 12.1 Å². The van der Waals surface area contributed by atoms with E-state index in [4.69, 9.17) is 0 Å². The Morgan fingerprint density at radius 1 is 1.40 bits per heavy atom. The van der Waals surface area contributed by atoms with E-state index in [1.54, 1.807) is 0 Å². The Bertz CT molecular complexity index is 352. The molecule has 1 rings (SSSR count). The van der Waals surface area contributed by atoms with E-state index in [0.717, 1.165) is 12.5 Å². The molecule has 2 nitrogen and oxygen atoms in total. The lowest BCUT2D eigenvalue weighted by molar-refractivity contribution is 0.0986. The van der Waals surface area contributed by atoms with Crippen molar-refractivity contribution in [2.75, 3.05) is 13.1 Å². The molecule has 0 aliphatic carbocycles. The van der Waals surface area contributed by atoms with Crippen molar-refractivity contribution in [2.24, 2.45) is 0 Å². The van der Waals surface area contributed by atoms with E-state index >= 15 is 0 Å². The zero-order valence-electron chi connectivity index (χ0n) is 8.52. The smallest absolute Gasteiger partial charge is 0.179 e. The molecule has 0 heterocycles. The van der Waals surface area contributed by atoms with Crippen molar-refractivity contribution in [1.29, 1.82) is 0 Å². The number of halogens is 2. The molecule has 0 radical (unpaired) electrons. The third-order valence-electron chi connectivity index (χ3n) is 1.96. The predicted octanol–water partition coefficient (Wildman–Crippen LogP) is 2.15. The lowest BCUT2D eigenvalue weighted by Gasteiger charge is -2.04. The first-order valence-corrected chi connectivity index (χ1v) is 4.84. The second-order valence-electron chi connectivity index (χ2n) is 3.20. The second-order valence-corrected chi connectivity index (χ2v) is 3.20. The molecule has 0 amide bonds. The molecule has 0 aromatic heterocycles. The quantitative estimate of drug-likeness (QED) is 0.599. The maximum atomic E-state index is 13.1. The van der Waals surface area contributed by atoms with E-state index < -0.39 is 17.4 Å². The van der Waals surface area contributed by atoms with Crippen molar-refractivity contribution in [3.05, 3.63) is 35.4 Å². The van der Waals surface area contributed by atoms with Crippen LogP contribution in [0.5, 0.6) is 0 Å². The van der Waals surface area contributed by atoms with Crippen LogP contribution in [-0.4, -0.2) is 18.9 Å². The standard InChI is InChI=1S/C11H13F2NO/c1-2-6-14-7-10(15)8-4-3-5-9(12)11(8)13/h3-5,14H,2,6-7H2,1H3. The Labute approximate surface area is 87.3 Å². The lowest BCUT2D eigenvalue weighted by Crippen LogP contribution is -2.24. The zero-order valence-corrected chi connectivity index (χ0v) is 8.52. The topological polar surface area (TPSA) is 29.1 Å². The summed E-state index contributed by atoms with van der Waals surface area (Å²) in [5.74, 6) is -2.49. The molecule has 0 spiro atoms. The number of Topliss-reactive ketones (excluding diaryl/α,β-unsaturated/α-hetero) is 1. The Morgan fingerprint density at radius 3 is 2.80 bits per heavy atom. The highest BCUT2D eigenvalue weighted by atomic mass is 19.2. The fourth-order valence-corrected chi connectivity index (χ4v) is 1.19. The van der Waals surface area contributed by atoms with Crippen LogP contribution >= 0.6 is 0 Å². The zero-order chi connectivity index (χ0) is 11.3. The van der Waals surface area contributed by atoms with Gasteiger partial charge >= 0.3 is 0 Å². The van der Waals surface area contributed by atoms with Gasteiger partial charge < -0.3 is 5.32 Å². The Balaban J connectivity index is 2.69. The van der Waals surface area contributed by atoms with Gasteiger partial charge in [-0.25, -0.2) is 8.78 Å². The molecule has 0 aliphatic rings. The summed E-state index contributed by atoms with van der Waals surface area (Å²) in [7, 11) is 0. The third-order valence-corrected chi connectivity index (χ3v) is 1.96. The van der Waals surface area contributed by atoms with Crippen LogP contribution in [0.4, 0.5) is 8.78 Å². The van der Waals surface area contributed by atoms with Gasteiger partial charge in [-0.3, -0.25) is 4.79 Å². The average Bonchev–Trinajstić information content (AvgIpc) is 2.22. The second kappa shape index (κ2) is 5.56. The van der Waals surface area contributed by atoms with Gasteiger partial charge in [0.1, 0.15) is 0 Å². The fourth-order valence-electron chi connectivity index (χ4n) is 1.19. The van der Waals surface area contributed by atoms with Gasteiger partial charge in [-0.2, -0.15) is 0 Å². The van der Waals surface area contributed by atoms with Gasteiger partial charge in [0, 0.05) is 0 Å². The highest BCUT2D eigenvalue weighted by Crippen LogP contribution is 2.11. The number of ketones is 1. The van der Waals surface area contributed by atoms with E-state index in [1.807, 2.05) is 6.92 Å². The molecule has 0 bridgehead atoms. The summed E-state index contributed by atoms with van der Waals surface area (Å²) in [6.07, 6.45) is 0.888. The Morgan fingerprint density at radius 2 is 2.13 bits per heavy atom. The summed E-state index contributed by atoms with van der Waals surface area (Å²) in [6.45, 7) is 2.68. The monoisotopic (exact) mass is 213 g/mol. The minimum atomic E-state index is -1.07. The molecular formula is C11H13F2NO. The van der Waals surface area contributed by atoms with Gasteiger partial charge in [0.15, 0.2) is 17.4 Å².